The number of carbonyl (C=O) groups is 1. The van der Waals surface area contributed by atoms with Crippen molar-refractivity contribution in [1.29, 1.82) is 0 Å². The second-order valence-electron chi connectivity index (χ2n) is 6.17. The van der Waals surface area contributed by atoms with Crippen LogP contribution in [0, 0.1) is 0 Å². The lowest BCUT2D eigenvalue weighted by Gasteiger charge is -2.31. The highest BCUT2D eigenvalue weighted by Crippen LogP contribution is 2.33. The first-order valence-corrected chi connectivity index (χ1v) is 8.33. The zero-order valence-corrected chi connectivity index (χ0v) is 13.6. The minimum atomic E-state index is -0.677. The Morgan fingerprint density at radius 3 is 2.88 bits per heavy atom. The molecule has 1 aromatic carbocycles. The number of fused-ring (bicyclic) bond motifs is 2. The molecule has 0 fully saturated rings. The van der Waals surface area contributed by atoms with Crippen molar-refractivity contribution in [3.05, 3.63) is 35.9 Å². The van der Waals surface area contributed by atoms with Crippen molar-refractivity contribution in [1.82, 2.24) is 20.1 Å². The van der Waals surface area contributed by atoms with Gasteiger partial charge in [0.05, 0.1) is 6.54 Å². The molecule has 0 bridgehead atoms. The summed E-state index contributed by atoms with van der Waals surface area (Å²) in [5.74, 6) is 2.86. The van der Waals surface area contributed by atoms with E-state index in [0.717, 1.165) is 37.5 Å². The fourth-order valence-electron chi connectivity index (χ4n) is 3.17. The Hall–Kier alpha value is -2.57. The number of carbonyl (C=O) groups excluding carboxylic acids is 1. The summed E-state index contributed by atoms with van der Waals surface area (Å²) in [7, 11) is 0. The summed E-state index contributed by atoms with van der Waals surface area (Å²) in [6.07, 6.45) is 2.19. The van der Waals surface area contributed by atoms with Gasteiger partial charge in [0.15, 0.2) is 17.3 Å². The highest BCUT2D eigenvalue weighted by atomic mass is 16.6. The van der Waals surface area contributed by atoms with Crippen molar-refractivity contribution >= 4 is 5.91 Å². The number of nitrogens with one attached hydrogen (secondary N) is 1. The Balaban J connectivity index is 1.42. The van der Waals surface area contributed by atoms with Crippen molar-refractivity contribution in [2.24, 2.45) is 0 Å². The third-order valence-corrected chi connectivity index (χ3v) is 4.46. The smallest absolute Gasteiger partial charge is 0.265 e. The number of amides is 1. The molecule has 7 heteroatoms. The molecular weight excluding hydrogens is 308 g/mol. The van der Waals surface area contributed by atoms with Gasteiger partial charge in [-0.25, -0.2) is 0 Å². The molecule has 2 aromatic rings. The maximum Gasteiger partial charge on any atom is 0.265 e. The Bertz CT molecular complexity index is 758. The molecule has 2 atom stereocenters. The van der Waals surface area contributed by atoms with Crippen molar-refractivity contribution in [3.63, 3.8) is 0 Å². The number of aromatic nitrogens is 3. The monoisotopic (exact) mass is 328 g/mol. The van der Waals surface area contributed by atoms with Crippen LogP contribution in [0.3, 0.4) is 0 Å². The predicted octanol–water partition coefficient (Wildman–Crippen LogP) is 1.46. The number of hydrogen-bond donors (Lipinski definition) is 1. The molecule has 0 radical (unpaired) electrons. The first-order chi connectivity index (χ1) is 11.7. The van der Waals surface area contributed by atoms with Crippen LogP contribution in [-0.4, -0.2) is 32.9 Å². The molecule has 4 rings (SSSR count). The van der Waals surface area contributed by atoms with Gasteiger partial charge >= 0.3 is 0 Å². The SMILES string of the molecule is C[C@H]1Oc2ccccc2O[C@H]1C(=O)NCc1nnc2n1CCCC2. The molecule has 0 saturated carbocycles. The molecular formula is C17H20N4O3. The van der Waals surface area contributed by atoms with Gasteiger partial charge in [-0.15, -0.1) is 10.2 Å². The van der Waals surface area contributed by atoms with E-state index in [4.69, 9.17) is 9.47 Å². The first kappa shape index (κ1) is 15.0. The van der Waals surface area contributed by atoms with Crippen molar-refractivity contribution in [2.75, 3.05) is 0 Å². The lowest BCUT2D eigenvalue weighted by atomic mass is 10.1. The second kappa shape index (κ2) is 6.14. The van der Waals surface area contributed by atoms with Gasteiger partial charge in [-0.05, 0) is 31.9 Å². The van der Waals surface area contributed by atoms with Crippen LogP contribution in [0.25, 0.3) is 0 Å². The standard InChI is InChI=1S/C17H20N4O3/c1-11-16(24-13-7-3-2-6-12(13)23-11)17(22)18-10-15-20-19-14-8-4-5-9-21(14)15/h2-3,6-7,11,16H,4-5,8-10H2,1H3,(H,18,22)/t11-,16-/m1/s1. The number of benzene rings is 1. The van der Waals surface area contributed by atoms with E-state index < -0.39 is 6.10 Å². The van der Waals surface area contributed by atoms with E-state index in [1.807, 2.05) is 25.1 Å². The minimum absolute atomic E-state index is 0.204. The maximum absolute atomic E-state index is 12.5. The van der Waals surface area contributed by atoms with Crippen LogP contribution in [0.4, 0.5) is 0 Å². The van der Waals surface area contributed by atoms with Crippen LogP contribution in [0.1, 0.15) is 31.4 Å². The third-order valence-electron chi connectivity index (χ3n) is 4.46. The molecule has 3 heterocycles. The second-order valence-corrected chi connectivity index (χ2v) is 6.17. The van der Waals surface area contributed by atoms with Gasteiger partial charge in [0.25, 0.3) is 5.91 Å². The normalized spacial score (nSPS) is 21.9. The number of rotatable bonds is 3. The Labute approximate surface area is 140 Å². The summed E-state index contributed by atoms with van der Waals surface area (Å²) in [6.45, 7) is 3.10. The van der Waals surface area contributed by atoms with Gasteiger partial charge in [-0.1, -0.05) is 12.1 Å². The zero-order valence-electron chi connectivity index (χ0n) is 13.6. The fourth-order valence-corrected chi connectivity index (χ4v) is 3.17. The van der Waals surface area contributed by atoms with Crippen LogP contribution in [-0.2, 0) is 24.3 Å². The van der Waals surface area contributed by atoms with E-state index in [-0.39, 0.29) is 12.0 Å². The highest BCUT2D eigenvalue weighted by Gasteiger charge is 2.34. The number of hydrogen-bond acceptors (Lipinski definition) is 5. The predicted molar refractivity (Wildman–Crippen MR) is 85.8 cm³/mol. The summed E-state index contributed by atoms with van der Waals surface area (Å²) in [6, 6.07) is 7.37. The third kappa shape index (κ3) is 2.70. The quantitative estimate of drug-likeness (QED) is 0.923. The average molecular weight is 328 g/mol. The molecule has 24 heavy (non-hydrogen) atoms. The van der Waals surface area contributed by atoms with E-state index >= 15 is 0 Å². The van der Waals surface area contributed by atoms with Crippen LogP contribution in [0.15, 0.2) is 24.3 Å². The number of nitrogens with zero attached hydrogens (tertiary/aromatic N) is 3. The molecule has 2 aliphatic rings. The van der Waals surface area contributed by atoms with Crippen molar-refractivity contribution in [2.45, 2.75) is 51.5 Å². The van der Waals surface area contributed by atoms with Crippen LogP contribution in [0.5, 0.6) is 11.5 Å². The summed E-state index contributed by atoms with van der Waals surface area (Å²) in [5, 5.41) is 11.3. The van der Waals surface area contributed by atoms with Crippen LogP contribution < -0.4 is 14.8 Å². The molecule has 126 valence electrons. The zero-order chi connectivity index (χ0) is 16.5. The Morgan fingerprint density at radius 1 is 1.25 bits per heavy atom. The topological polar surface area (TPSA) is 78.3 Å². The lowest BCUT2D eigenvalue weighted by Crippen LogP contribution is -2.49. The van der Waals surface area contributed by atoms with Gasteiger partial charge < -0.3 is 19.4 Å². The van der Waals surface area contributed by atoms with E-state index in [0.29, 0.717) is 18.0 Å². The minimum Gasteiger partial charge on any atom is -0.482 e. The Morgan fingerprint density at radius 2 is 2.04 bits per heavy atom. The summed E-state index contributed by atoms with van der Waals surface area (Å²) in [5.41, 5.74) is 0. The van der Waals surface area contributed by atoms with Gasteiger partial charge in [0.2, 0.25) is 6.10 Å². The van der Waals surface area contributed by atoms with E-state index in [1.165, 1.54) is 0 Å². The first-order valence-electron chi connectivity index (χ1n) is 8.33. The van der Waals surface area contributed by atoms with E-state index in [2.05, 4.69) is 20.1 Å². The van der Waals surface area contributed by atoms with Crippen LogP contribution >= 0.6 is 0 Å². The largest absolute Gasteiger partial charge is 0.482 e. The summed E-state index contributed by atoms with van der Waals surface area (Å²) >= 11 is 0. The van der Waals surface area contributed by atoms with Crippen molar-refractivity contribution in [3.8, 4) is 11.5 Å². The van der Waals surface area contributed by atoms with E-state index in [1.54, 1.807) is 6.07 Å². The van der Waals surface area contributed by atoms with Crippen LogP contribution in [0.2, 0.25) is 0 Å². The molecule has 1 amide bonds. The van der Waals surface area contributed by atoms with E-state index in [9.17, 15) is 4.79 Å². The fraction of sp³-hybridized carbons (Fsp3) is 0.471. The number of para-hydroxylation sites is 2. The molecule has 0 saturated heterocycles. The maximum atomic E-state index is 12.5. The number of ether oxygens (including phenoxy) is 2. The Kier molecular flexibility index (Phi) is 3.84. The molecule has 1 aromatic heterocycles. The molecule has 0 unspecified atom stereocenters. The van der Waals surface area contributed by atoms with Gasteiger partial charge in [0, 0.05) is 13.0 Å². The molecule has 7 nitrogen and oxygen atoms in total. The van der Waals surface area contributed by atoms with Crippen molar-refractivity contribution < 1.29 is 14.3 Å². The molecule has 2 aliphatic heterocycles. The lowest BCUT2D eigenvalue weighted by molar-refractivity contribution is -0.133. The highest BCUT2D eigenvalue weighted by molar-refractivity contribution is 5.82. The van der Waals surface area contributed by atoms with Gasteiger partial charge in [-0.2, -0.15) is 0 Å². The summed E-state index contributed by atoms with van der Waals surface area (Å²) in [4.78, 5) is 12.5. The molecule has 0 aliphatic carbocycles. The van der Waals surface area contributed by atoms with Gasteiger partial charge in [-0.3, -0.25) is 4.79 Å². The average Bonchev–Trinajstić information content (AvgIpc) is 3.02. The molecule has 0 spiro atoms. The number of aryl methyl sites for hydroxylation is 1. The molecule has 1 N–H and O–H groups in total. The van der Waals surface area contributed by atoms with Gasteiger partial charge in [0.1, 0.15) is 11.9 Å². The summed E-state index contributed by atoms with van der Waals surface area (Å²) < 4.78 is 13.7.